The van der Waals surface area contributed by atoms with E-state index in [0.717, 1.165) is 0 Å². The molecule has 0 aliphatic heterocycles. The van der Waals surface area contributed by atoms with Gasteiger partial charge in [0, 0.05) is 0 Å². The van der Waals surface area contributed by atoms with E-state index in [4.69, 9.17) is 4.81 Å². The first-order valence-electron chi connectivity index (χ1n) is 35.0. The average molecular weight is 925 g/mol. The Kier molecular flexibility index (Phi) is 40.9. The van der Waals surface area contributed by atoms with E-state index in [9.17, 15) is 0 Å². The van der Waals surface area contributed by atoms with Gasteiger partial charge in [-0.3, -0.25) is 0 Å². The first-order chi connectivity index (χ1) is 35.5. The zero-order valence-corrected chi connectivity index (χ0v) is 61.4. The SMILES string of the molecule is BB(B)B(B)B(B(B(B)B)B(B)B)B(B(/N=B/B(B(B(B(B)B)B(B)B)B(B(B)B)B(B)B)B(B(B(B)B)B(B)B)B(B(B)B)B(B)B)B(B(B(B)B)B(B)B)B(B(B)B)B(B)B)B(B(B(B)B)B(B)B)B(B(B)B)B(B)B. The zero-order valence-electron chi connectivity index (χ0n) is 61.4. The first-order valence-corrected chi connectivity index (χ1v) is 35.0. The van der Waals surface area contributed by atoms with Crippen molar-refractivity contribution in [2.75, 3.05) is 0 Å². The van der Waals surface area contributed by atoms with Gasteiger partial charge in [-0.15, -0.1) is 0 Å². The van der Waals surface area contributed by atoms with Crippen LogP contribution >= 0.6 is 0 Å². The monoisotopic (exact) mass is 940 g/mol. The van der Waals surface area contributed by atoms with Crippen molar-refractivity contribution >= 4 is 545 Å². The molecule has 0 spiro atoms. The van der Waals surface area contributed by atoms with Gasteiger partial charge in [0.2, 0.25) is 0 Å². The number of nitrogens with zero attached hydrogens (tertiary/aromatic N) is 1. The molecular formula is H78B77N. The van der Waals surface area contributed by atoms with E-state index < -0.39 is 0 Å². The molecule has 0 aromatic carbocycles. The van der Waals surface area contributed by atoms with Gasteiger partial charge in [0.25, 0.3) is 0 Å². The van der Waals surface area contributed by atoms with Crippen LogP contribution in [0.3, 0.4) is 0 Å². The van der Waals surface area contributed by atoms with Crippen LogP contribution < -0.4 is 0 Å². The van der Waals surface area contributed by atoms with Gasteiger partial charge in [-0.05, 0) is 0 Å². The molecule has 0 aromatic heterocycles. The molecule has 0 bridgehead atoms. The predicted octanol–water partition coefficient (Wildman–Crippen LogP) is -50.0. The molecule has 0 radical (unpaired) electrons. The van der Waals surface area contributed by atoms with Crippen LogP contribution in [0.15, 0.2) is 4.81 Å². The second-order valence-corrected chi connectivity index (χ2v) is 34.5. The molecule has 0 unspecified atom stereocenters. The van der Waals surface area contributed by atoms with Gasteiger partial charge in [-0.2, -0.15) is 0 Å². The fraction of sp³-hybridized carbons (Fsp3) is 0. The van der Waals surface area contributed by atoms with E-state index in [1.807, 2.05) is 0 Å². The third-order valence-electron chi connectivity index (χ3n) is 22.5. The third-order valence-corrected chi connectivity index (χ3v) is 22.5. The fourth-order valence-electron chi connectivity index (χ4n) is 21.2. The standard InChI is InChI=1S/B77H78N/c1-41(2)60(39)71(62(42(3)4)43(5)6)76(74(67(52(23)24)53(25)26)68(54(27)28)55(29)30)77(75(69(56(31)32)57(33)34)70(58(35)36)59(37)38)78-40-61(72(63(44(7)8)45(9)10)64(46(11)12)47(13)14)73(65(48(15)16)49(17)18)66(50(19)20)51(21)22/h1-39H2. The van der Waals surface area contributed by atoms with Crippen LogP contribution in [0.2, 0.25) is 0 Å². The summed E-state index contributed by atoms with van der Waals surface area (Å²) in [6.45, 7) is 3.13. The summed E-state index contributed by atoms with van der Waals surface area (Å²) in [6, 6.07) is 0. The van der Waals surface area contributed by atoms with E-state index in [2.05, 4.69) is 309 Å². The van der Waals surface area contributed by atoms with Crippen molar-refractivity contribution in [2.24, 2.45) is 4.81 Å². The average Bonchev–Trinajstić information content (AvgIpc) is 3.22. The molecule has 0 aliphatic rings. The summed E-state index contributed by atoms with van der Waals surface area (Å²) in [5.74, 6) is 0. The van der Waals surface area contributed by atoms with Crippen molar-refractivity contribution in [3.63, 3.8) is 0 Å². The predicted molar refractivity (Wildman–Crippen MR) is 554 cm³/mol. The molecule has 0 saturated heterocycles. The maximum atomic E-state index is 7.20. The molecule has 78 heavy (non-hydrogen) atoms. The van der Waals surface area contributed by atoms with Crippen molar-refractivity contribution in [3.05, 3.63) is 0 Å². The van der Waals surface area contributed by atoms with Gasteiger partial charge in [-0.25, -0.2) is 0 Å². The normalized spacial score (nSPS) is 9.85. The Bertz CT molecular complexity index is 1360. The summed E-state index contributed by atoms with van der Waals surface area (Å²) >= 11 is 0. The molecule has 314 valence electrons. The third kappa shape index (κ3) is 22.9. The summed E-state index contributed by atoms with van der Waals surface area (Å²) in [5.41, 5.74) is 0. The van der Waals surface area contributed by atoms with Gasteiger partial charge in [0.15, 0.2) is 0 Å². The van der Waals surface area contributed by atoms with Crippen molar-refractivity contribution in [3.8, 4) is 0 Å². The Morgan fingerprint density at radius 2 is 0.308 bits per heavy atom. The van der Waals surface area contributed by atoms with E-state index in [1.165, 1.54) is 0 Å². The van der Waals surface area contributed by atoms with E-state index in [0.29, 0.717) is 230 Å². The molecule has 0 saturated carbocycles. The molecule has 0 aliphatic carbocycles. The molecule has 1 nitrogen and oxygen atoms in total. The quantitative estimate of drug-likeness (QED) is 0.0551. The zero-order chi connectivity index (χ0) is 61.8. The fourth-order valence-corrected chi connectivity index (χ4v) is 21.2. The molecule has 0 atom stereocenters. The minimum atomic E-state index is 0.177. The van der Waals surface area contributed by atoms with Gasteiger partial charge in [0.1, 0.15) is 0 Å². The number of rotatable bonds is 37. The molecule has 0 N–H and O–H groups in total. The summed E-state index contributed by atoms with van der Waals surface area (Å²) in [5, 5.41) is 0. The Morgan fingerprint density at radius 1 is 0.154 bits per heavy atom. The van der Waals surface area contributed by atoms with E-state index >= 15 is 0 Å². The van der Waals surface area contributed by atoms with Gasteiger partial charge in [0.05, 0.1) is 0 Å². The van der Waals surface area contributed by atoms with Gasteiger partial charge in [-0.1, -0.05) is 0 Å². The molecule has 78 heteroatoms. The second kappa shape index (κ2) is 38.5. The Morgan fingerprint density at radius 3 is 0.487 bits per heavy atom. The molecule has 0 aromatic rings. The summed E-state index contributed by atoms with van der Waals surface area (Å²) in [7, 11) is 102. The molecule has 0 amide bonds. The number of hydrogen-bond acceptors (Lipinski definition) is 1. The molecule has 0 rings (SSSR count). The summed E-state index contributed by atoms with van der Waals surface area (Å²) in [6.07, 6.45) is 19.6. The van der Waals surface area contributed by atoms with E-state index in [-0.39, 0.29) is 6.63 Å². The van der Waals surface area contributed by atoms with Crippen molar-refractivity contribution in [1.29, 1.82) is 0 Å². The van der Waals surface area contributed by atoms with Crippen molar-refractivity contribution < 1.29 is 0 Å². The Hall–Kier alpha value is 4.80. The maximum absolute atomic E-state index is 7.20. The van der Waals surface area contributed by atoms with Crippen LogP contribution in [0.4, 0.5) is 0 Å². The van der Waals surface area contributed by atoms with Crippen LogP contribution in [0.25, 0.3) is 0 Å². The van der Waals surface area contributed by atoms with Gasteiger partial charge >= 0.3 is 550 Å². The molecule has 0 fully saturated rings. The van der Waals surface area contributed by atoms with Crippen LogP contribution in [-0.2, 0) is 0 Å². The Balaban J connectivity index is 11.5. The van der Waals surface area contributed by atoms with Crippen LogP contribution in [0.1, 0.15) is 0 Å². The summed E-state index contributed by atoms with van der Waals surface area (Å²) < 4.78 is 0. The first kappa shape index (κ1) is 82.8. The number of hydrogen-bond donors (Lipinski definition) is 0. The van der Waals surface area contributed by atoms with Gasteiger partial charge < -0.3 is 0 Å². The van der Waals surface area contributed by atoms with Crippen molar-refractivity contribution in [1.82, 2.24) is 0 Å². The minimum absolute atomic E-state index is 0.177. The van der Waals surface area contributed by atoms with Crippen LogP contribution in [-0.4, -0.2) is 545 Å². The Labute approximate surface area is 544 Å². The van der Waals surface area contributed by atoms with Crippen molar-refractivity contribution in [2.45, 2.75) is 0 Å². The molecular weight excluding hydrogens is 847 g/mol. The topological polar surface area (TPSA) is 12.4 Å². The van der Waals surface area contributed by atoms with E-state index in [1.54, 1.807) is 0 Å². The van der Waals surface area contributed by atoms with Crippen LogP contribution in [0, 0.1) is 0 Å². The molecule has 0 heterocycles. The summed E-state index contributed by atoms with van der Waals surface area (Å²) in [4.78, 5) is 7.20. The second-order valence-electron chi connectivity index (χ2n) is 34.5. The van der Waals surface area contributed by atoms with Crippen LogP contribution in [0.5, 0.6) is 0 Å².